The summed E-state index contributed by atoms with van der Waals surface area (Å²) in [5.41, 5.74) is 2.90. The number of hydrogen-bond acceptors (Lipinski definition) is 3. The standard InChI is InChI=1S/C18H17NO2/c1-12-8-9-17(20)13(10-12)11-19-16-6-2-5-15-14(16)4-3-7-18(15)21/h2-10,19-21H,11H2,1H3. The first-order valence-electron chi connectivity index (χ1n) is 6.88. The van der Waals surface area contributed by atoms with Gasteiger partial charge < -0.3 is 15.5 Å². The molecule has 3 aromatic rings. The van der Waals surface area contributed by atoms with Crippen molar-refractivity contribution in [3.8, 4) is 11.5 Å². The molecule has 0 heterocycles. The lowest BCUT2D eigenvalue weighted by Gasteiger charge is -2.12. The second-order valence-corrected chi connectivity index (χ2v) is 5.16. The van der Waals surface area contributed by atoms with Crippen LogP contribution in [0.15, 0.2) is 54.6 Å². The lowest BCUT2D eigenvalue weighted by Crippen LogP contribution is -2.00. The third-order valence-electron chi connectivity index (χ3n) is 3.60. The van der Waals surface area contributed by atoms with Crippen molar-refractivity contribution in [3.05, 3.63) is 65.7 Å². The van der Waals surface area contributed by atoms with Gasteiger partial charge in [-0.2, -0.15) is 0 Å². The van der Waals surface area contributed by atoms with E-state index in [1.165, 1.54) is 0 Å². The number of anilines is 1. The average molecular weight is 279 g/mol. The van der Waals surface area contributed by atoms with Crippen LogP contribution in [0.2, 0.25) is 0 Å². The Kier molecular flexibility index (Phi) is 3.40. The van der Waals surface area contributed by atoms with Gasteiger partial charge in [-0.3, -0.25) is 0 Å². The van der Waals surface area contributed by atoms with Crippen molar-refractivity contribution in [1.82, 2.24) is 0 Å². The molecule has 0 saturated heterocycles. The Morgan fingerprint density at radius 1 is 0.857 bits per heavy atom. The van der Waals surface area contributed by atoms with Gasteiger partial charge in [0.2, 0.25) is 0 Å². The predicted molar refractivity (Wildman–Crippen MR) is 85.8 cm³/mol. The van der Waals surface area contributed by atoms with E-state index in [0.29, 0.717) is 6.54 Å². The molecule has 0 atom stereocenters. The Morgan fingerprint density at radius 2 is 1.62 bits per heavy atom. The van der Waals surface area contributed by atoms with Crippen LogP contribution in [-0.2, 0) is 6.54 Å². The average Bonchev–Trinajstić information content (AvgIpc) is 2.49. The Bertz CT molecular complexity index is 796. The van der Waals surface area contributed by atoms with Crippen LogP contribution in [0.5, 0.6) is 11.5 Å². The van der Waals surface area contributed by atoms with Gasteiger partial charge in [0.25, 0.3) is 0 Å². The van der Waals surface area contributed by atoms with Crippen molar-refractivity contribution in [2.75, 3.05) is 5.32 Å². The molecule has 0 bridgehead atoms. The van der Waals surface area contributed by atoms with E-state index in [9.17, 15) is 10.2 Å². The van der Waals surface area contributed by atoms with Crippen LogP contribution in [-0.4, -0.2) is 10.2 Å². The Labute approximate surface area is 123 Å². The number of rotatable bonds is 3. The molecule has 3 nitrogen and oxygen atoms in total. The minimum Gasteiger partial charge on any atom is -0.508 e. The van der Waals surface area contributed by atoms with Crippen LogP contribution in [0.4, 0.5) is 5.69 Å². The molecule has 0 saturated carbocycles. The third-order valence-corrected chi connectivity index (χ3v) is 3.60. The van der Waals surface area contributed by atoms with Crippen LogP contribution < -0.4 is 5.32 Å². The topological polar surface area (TPSA) is 52.5 Å². The lowest BCUT2D eigenvalue weighted by atomic mass is 10.1. The van der Waals surface area contributed by atoms with Crippen LogP contribution >= 0.6 is 0 Å². The van der Waals surface area contributed by atoms with Crippen molar-refractivity contribution in [3.63, 3.8) is 0 Å². The SMILES string of the molecule is Cc1ccc(O)c(CNc2cccc3c(O)cccc23)c1. The van der Waals surface area contributed by atoms with E-state index in [-0.39, 0.29) is 11.5 Å². The van der Waals surface area contributed by atoms with Gasteiger partial charge in [-0.1, -0.05) is 42.0 Å². The number of phenolic OH excluding ortho intramolecular Hbond substituents is 2. The Hall–Kier alpha value is -2.68. The number of aromatic hydroxyl groups is 2. The zero-order chi connectivity index (χ0) is 14.8. The van der Waals surface area contributed by atoms with Gasteiger partial charge in [0.15, 0.2) is 0 Å². The molecule has 3 heteroatoms. The monoisotopic (exact) mass is 279 g/mol. The molecular formula is C18H17NO2. The highest BCUT2D eigenvalue weighted by molar-refractivity contribution is 5.97. The highest BCUT2D eigenvalue weighted by Gasteiger charge is 2.05. The van der Waals surface area contributed by atoms with E-state index in [1.54, 1.807) is 12.1 Å². The molecule has 0 aliphatic carbocycles. The largest absolute Gasteiger partial charge is 0.508 e. The van der Waals surface area contributed by atoms with Gasteiger partial charge in [-0.05, 0) is 25.1 Å². The molecule has 3 rings (SSSR count). The van der Waals surface area contributed by atoms with Gasteiger partial charge in [0.05, 0.1) is 0 Å². The minimum atomic E-state index is 0.273. The summed E-state index contributed by atoms with van der Waals surface area (Å²) in [4.78, 5) is 0. The normalized spacial score (nSPS) is 10.7. The van der Waals surface area contributed by atoms with Crippen LogP contribution in [0.1, 0.15) is 11.1 Å². The van der Waals surface area contributed by atoms with Crippen LogP contribution in [0, 0.1) is 6.92 Å². The van der Waals surface area contributed by atoms with Gasteiger partial charge in [-0.15, -0.1) is 0 Å². The second kappa shape index (κ2) is 5.37. The highest BCUT2D eigenvalue weighted by atomic mass is 16.3. The van der Waals surface area contributed by atoms with Gasteiger partial charge in [0.1, 0.15) is 11.5 Å². The predicted octanol–water partition coefficient (Wildman–Crippen LogP) is 4.17. The molecular weight excluding hydrogens is 262 g/mol. The van der Waals surface area contributed by atoms with Crippen molar-refractivity contribution in [2.45, 2.75) is 13.5 Å². The zero-order valence-electron chi connectivity index (χ0n) is 11.8. The van der Waals surface area contributed by atoms with Crippen LogP contribution in [0.25, 0.3) is 10.8 Å². The Morgan fingerprint density at radius 3 is 2.48 bits per heavy atom. The number of phenols is 2. The maximum absolute atomic E-state index is 9.89. The summed E-state index contributed by atoms with van der Waals surface area (Å²) in [5.74, 6) is 0.561. The fourth-order valence-corrected chi connectivity index (χ4v) is 2.49. The van der Waals surface area contributed by atoms with E-state index in [2.05, 4.69) is 5.32 Å². The summed E-state index contributed by atoms with van der Waals surface area (Å²) in [6, 6.07) is 16.8. The second-order valence-electron chi connectivity index (χ2n) is 5.16. The molecule has 0 radical (unpaired) electrons. The fraction of sp³-hybridized carbons (Fsp3) is 0.111. The minimum absolute atomic E-state index is 0.273. The summed E-state index contributed by atoms with van der Waals surface area (Å²) in [7, 11) is 0. The summed E-state index contributed by atoms with van der Waals surface area (Å²) >= 11 is 0. The smallest absolute Gasteiger partial charge is 0.123 e. The molecule has 21 heavy (non-hydrogen) atoms. The van der Waals surface area contributed by atoms with Gasteiger partial charge in [0, 0.05) is 28.6 Å². The van der Waals surface area contributed by atoms with E-state index < -0.39 is 0 Å². The van der Waals surface area contributed by atoms with Gasteiger partial charge >= 0.3 is 0 Å². The first-order chi connectivity index (χ1) is 10.1. The first-order valence-corrected chi connectivity index (χ1v) is 6.88. The molecule has 3 aromatic carbocycles. The molecule has 0 fully saturated rings. The fourth-order valence-electron chi connectivity index (χ4n) is 2.49. The van der Waals surface area contributed by atoms with E-state index in [4.69, 9.17) is 0 Å². The Balaban J connectivity index is 1.92. The zero-order valence-corrected chi connectivity index (χ0v) is 11.8. The number of benzene rings is 3. The number of fused-ring (bicyclic) bond motifs is 1. The van der Waals surface area contributed by atoms with E-state index in [1.807, 2.05) is 49.4 Å². The van der Waals surface area contributed by atoms with Crippen molar-refractivity contribution < 1.29 is 10.2 Å². The molecule has 0 aromatic heterocycles. The number of hydrogen-bond donors (Lipinski definition) is 3. The van der Waals surface area contributed by atoms with Crippen molar-refractivity contribution >= 4 is 16.5 Å². The van der Waals surface area contributed by atoms with Crippen LogP contribution in [0.3, 0.4) is 0 Å². The summed E-state index contributed by atoms with van der Waals surface area (Å²) in [6.07, 6.45) is 0. The van der Waals surface area contributed by atoms with Crippen molar-refractivity contribution in [2.24, 2.45) is 0 Å². The lowest BCUT2D eigenvalue weighted by molar-refractivity contribution is 0.469. The molecule has 0 aliphatic rings. The number of nitrogens with one attached hydrogen (secondary N) is 1. The highest BCUT2D eigenvalue weighted by Crippen LogP contribution is 2.30. The molecule has 106 valence electrons. The number of aryl methyl sites for hydroxylation is 1. The molecule has 0 unspecified atom stereocenters. The van der Waals surface area contributed by atoms with E-state index >= 15 is 0 Å². The van der Waals surface area contributed by atoms with Gasteiger partial charge in [-0.25, -0.2) is 0 Å². The summed E-state index contributed by atoms with van der Waals surface area (Å²) in [5, 5.41) is 24.9. The maximum atomic E-state index is 9.89. The molecule has 0 amide bonds. The first kappa shape index (κ1) is 13.3. The molecule has 0 aliphatic heterocycles. The summed E-state index contributed by atoms with van der Waals surface area (Å²) in [6.45, 7) is 2.53. The van der Waals surface area contributed by atoms with Crippen molar-refractivity contribution in [1.29, 1.82) is 0 Å². The molecule has 3 N–H and O–H groups in total. The van der Waals surface area contributed by atoms with E-state index in [0.717, 1.165) is 27.6 Å². The maximum Gasteiger partial charge on any atom is 0.123 e. The third kappa shape index (κ3) is 2.63. The summed E-state index contributed by atoms with van der Waals surface area (Å²) < 4.78 is 0. The molecule has 0 spiro atoms. The quantitative estimate of drug-likeness (QED) is 0.674.